The molecule has 2 aliphatic heterocycles. The van der Waals surface area contributed by atoms with Gasteiger partial charge in [0.05, 0.1) is 24.7 Å². The molecular formula is C22H31N8O12P2+. The van der Waals surface area contributed by atoms with Crippen LogP contribution in [0.5, 0.6) is 0 Å². The van der Waals surface area contributed by atoms with Crippen LogP contribution in [0.2, 0.25) is 0 Å². The van der Waals surface area contributed by atoms with Crippen LogP contribution in [0, 0.1) is 0 Å². The Labute approximate surface area is 248 Å². The van der Waals surface area contributed by atoms with Crippen LogP contribution in [0.25, 0.3) is 11.0 Å². The van der Waals surface area contributed by atoms with Crippen molar-refractivity contribution >= 4 is 44.4 Å². The van der Waals surface area contributed by atoms with Gasteiger partial charge in [0.15, 0.2) is 18.5 Å². The van der Waals surface area contributed by atoms with Gasteiger partial charge in [0.25, 0.3) is 12.1 Å². The van der Waals surface area contributed by atoms with Crippen molar-refractivity contribution in [1.29, 1.82) is 0 Å². The van der Waals surface area contributed by atoms with Crippen molar-refractivity contribution < 1.29 is 61.3 Å². The third kappa shape index (κ3) is 6.91. The number of pyridine rings is 1. The van der Waals surface area contributed by atoms with Crippen molar-refractivity contribution in [3.8, 4) is 0 Å². The Morgan fingerprint density at radius 3 is 2.43 bits per heavy atom. The van der Waals surface area contributed by atoms with Crippen LogP contribution in [-0.4, -0.2) is 84.1 Å². The zero-order valence-corrected chi connectivity index (χ0v) is 24.5. The van der Waals surface area contributed by atoms with Crippen molar-refractivity contribution in [2.24, 2.45) is 11.5 Å². The summed E-state index contributed by atoms with van der Waals surface area (Å²) >= 11 is 0. The van der Waals surface area contributed by atoms with E-state index in [-0.39, 0.29) is 23.8 Å². The molecule has 2 saturated heterocycles. The molecule has 0 saturated carbocycles. The normalized spacial score (nSPS) is 29.9. The molecule has 0 radical (unpaired) electrons. The molecule has 20 nitrogen and oxygen atoms in total. The molecule has 0 spiro atoms. The van der Waals surface area contributed by atoms with Crippen molar-refractivity contribution in [3.05, 3.63) is 42.4 Å². The highest BCUT2D eigenvalue weighted by molar-refractivity contribution is 7.61. The maximum Gasteiger partial charge on any atom is 0.481 e. The first-order chi connectivity index (χ1) is 20.6. The minimum absolute atomic E-state index is 0.0509. The van der Waals surface area contributed by atoms with Crippen LogP contribution < -0.4 is 27.5 Å². The first-order valence-corrected chi connectivity index (χ1v) is 15.9. The number of hydrogen-bond acceptors (Lipinski definition) is 15. The Balaban J connectivity index is 1.15. The summed E-state index contributed by atoms with van der Waals surface area (Å²) in [4.78, 5) is 39.7. The summed E-state index contributed by atoms with van der Waals surface area (Å²) in [6.07, 6.45) is -2.82. The monoisotopic (exact) mass is 661 g/mol. The second-order valence-corrected chi connectivity index (χ2v) is 13.1. The predicted molar refractivity (Wildman–Crippen MR) is 147 cm³/mol. The highest BCUT2D eigenvalue weighted by Crippen LogP contribution is 2.60. The molecule has 0 aromatic carbocycles. The van der Waals surface area contributed by atoms with Gasteiger partial charge in [0.2, 0.25) is 5.95 Å². The number of nitrogens with zero attached hydrogens (tertiary/aromatic N) is 4. The maximum atomic E-state index is 12.5. The number of nitrogen functional groups attached to an aromatic ring is 2. The van der Waals surface area contributed by atoms with Crippen LogP contribution in [-0.2, 0) is 32.0 Å². The first kappa shape index (κ1) is 32.3. The lowest BCUT2D eigenvalue weighted by molar-refractivity contribution is -0.765. The SMILES string of the molecule is NC(=O)c1ccc[n+](C2OC(COP(=O)(O)OP(=O)(O)OCC3OC(n4ccc5c(N)nc(N)nc54)CC3N)C(O)C2O)c1. The number of carbonyl (C=O) groups is 1. The molecular weight excluding hydrogens is 630 g/mol. The summed E-state index contributed by atoms with van der Waals surface area (Å²) in [5, 5.41) is 21.3. The molecule has 0 bridgehead atoms. The van der Waals surface area contributed by atoms with Gasteiger partial charge in [-0.2, -0.15) is 18.8 Å². The lowest BCUT2D eigenvalue weighted by atomic mass is 10.1. The van der Waals surface area contributed by atoms with Gasteiger partial charge in [-0.05, 0) is 12.1 Å². The van der Waals surface area contributed by atoms with Gasteiger partial charge >= 0.3 is 15.6 Å². The Bertz CT molecular complexity index is 1640. The van der Waals surface area contributed by atoms with E-state index in [1.807, 2.05) is 0 Å². The van der Waals surface area contributed by atoms with E-state index in [1.54, 1.807) is 16.8 Å². The number of phosphoric acid groups is 2. The van der Waals surface area contributed by atoms with Gasteiger partial charge in [-0.25, -0.2) is 9.13 Å². The van der Waals surface area contributed by atoms with Gasteiger partial charge in [-0.15, -0.1) is 0 Å². The second-order valence-electron chi connectivity index (χ2n) is 10.0. The minimum atomic E-state index is -5.28. The number of fused-ring (bicyclic) bond motifs is 1. The molecule has 9 unspecified atom stereocenters. The molecule has 12 N–H and O–H groups in total. The van der Waals surface area contributed by atoms with Crippen molar-refractivity contribution in [2.75, 3.05) is 24.7 Å². The Morgan fingerprint density at radius 2 is 1.75 bits per heavy atom. The standard InChI is InChI=1S/C22H30N8O12P2/c23-12-6-15(30-5-3-11-18(24)27-22(26)28-20(11)30)40-13(12)8-38-43(34,35)42-44(36,37)39-9-14-16(31)17(32)21(41-14)29-4-1-2-10(7-29)19(25)33/h1-5,7,12-17,21,31-32H,6,8-9,23H2,(H7-,24,25,26,27,28,33,34,35,36,37)/p+1. The highest BCUT2D eigenvalue weighted by Gasteiger charge is 2.49. The zero-order chi connectivity index (χ0) is 32.0. The number of primary amides is 1. The molecule has 44 heavy (non-hydrogen) atoms. The van der Waals surface area contributed by atoms with E-state index in [2.05, 4.69) is 14.3 Å². The predicted octanol–water partition coefficient (Wildman–Crippen LogP) is -1.83. The number of ether oxygens (including phenoxy) is 2. The van der Waals surface area contributed by atoms with Gasteiger partial charge in [-0.3, -0.25) is 13.8 Å². The highest BCUT2D eigenvalue weighted by atomic mass is 31.3. The van der Waals surface area contributed by atoms with E-state index in [9.17, 15) is 33.9 Å². The summed E-state index contributed by atoms with van der Waals surface area (Å²) in [6.45, 7) is -1.45. The fraction of sp³-hybridized carbons (Fsp3) is 0.455. The molecule has 1 amide bonds. The van der Waals surface area contributed by atoms with E-state index in [0.717, 1.165) is 0 Å². The molecule has 2 fully saturated rings. The number of aliphatic hydroxyl groups excluding tert-OH is 2. The Kier molecular flexibility index (Phi) is 9.07. The van der Waals surface area contributed by atoms with Gasteiger partial charge < -0.3 is 57.0 Å². The van der Waals surface area contributed by atoms with Crippen LogP contribution in [0.1, 0.15) is 29.2 Å². The number of hydrogen-bond donors (Lipinski definition) is 8. The third-order valence-corrected chi connectivity index (χ3v) is 9.56. The molecule has 2 aliphatic rings. The largest absolute Gasteiger partial charge is 0.481 e. The number of anilines is 2. The summed E-state index contributed by atoms with van der Waals surface area (Å²) < 4.78 is 53.1. The lowest BCUT2D eigenvalue weighted by Gasteiger charge is -2.21. The van der Waals surface area contributed by atoms with E-state index >= 15 is 0 Å². The zero-order valence-electron chi connectivity index (χ0n) is 22.7. The van der Waals surface area contributed by atoms with Gasteiger partial charge in [0, 0.05) is 24.7 Å². The van der Waals surface area contributed by atoms with E-state index in [4.69, 9.17) is 41.5 Å². The fourth-order valence-electron chi connectivity index (χ4n) is 4.81. The number of rotatable bonds is 11. The minimum Gasteiger partial charge on any atom is -0.387 e. The smallest absolute Gasteiger partial charge is 0.387 e. The second kappa shape index (κ2) is 12.4. The Morgan fingerprint density at radius 1 is 1.07 bits per heavy atom. The molecule has 5 heterocycles. The average molecular weight is 661 g/mol. The molecule has 9 atom stereocenters. The number of carbonyl (C=O) groups excluding carboxylic acids is 1. The number of phosphoric ester groups is 2. The Hall–Kier alpha value is -3.10. The quantitative estimate of drug-likeness (QED) is 0.0827. The summed E-state index contributed by atoms with van der Waals surface area (Å²) in [6, 6.07) is 3.85. The number of nitrogens with two attached hydrogens (primary N) is 4. The van der Waals surface area contributed by atoms with Crippen molar-refractivity contribution in [1.82, 2.24) is 14.5 Å². The molecule has 3 aromatic rings. The van der Waals surface area contributed by atoms with Crippen molar-refractivity contribution in [2.45, 2.75) is 49.3 Å². The molecule has 3 aromatic heterocycles. The van der Waals surface area contributed by atoms with Crippen LogP contribution in [0.4, 0.5) is 11.8 Å². The van der Waals surface area contributed by atoms with Gasteiger partial charge in [0.1, 0.15) is 35.5 Å². The van der Waals surface area contributed by atoms with E-state index < -0.39 is 77.7 Å². The average Bonchev–Trinajstić information content (AvgIpc) is 3.61. The summed E-state index contributed by atoms with van der Waals surface area (Å²) in [7, 11) is -10.5. The number of aliphatic hydroxyl groups is 2. The lowest BCUT2D eigenvalue weighted by Crippen LogP contribution is -2.46. The van der Waals surface area contributed by atoms with Crippen LogP contribution >= 0.6 is 15.6 Å². The first-order valence-electron chi connectivity index (χ1n) is 12.9. The van der Waals surface area contributed by atoms with Gasteiger partial charge in [-0.1, -0.05) is 0 Å². The number of aromatic nitrogens is 4. The molecule has 22 heteroatoms. The molecule has 0 aliphatic carbocycles. The summed E-state index contributed by atoms with van der Waals surface area (Å²) in [5.41, 5.74) is 23.4. The molecule has 240 valence electrons. The summed E-state index contributed by atoms with van der Waals surface area (Å²) in [5.74, 6) is -0.630. The third-order valence-electron chi connectivity index (χ3n) is 6.96. The maximum absolute atomic E-state index is 12.5. The van der Waals surface area contributed by atoms with Crippen LogP contribution in [0.3, 0.4) is 0 Å². The van der Waals surface area contributed by atoms with Crippen molar-refractivity contribution in [3.63, 3.8) is 0 Å². The topological polar surface area (TPSA) is 317 Å². The van der Waals surface area contributed by atoms with E-state index in [0.29, 0.717) is 11.0 Å². The molecule has 5 rings (SSSR count). The number of amides is 1. The van der Waals surface area contributed by atoms with E-state index in [1.165, 1.54) is 29.1 Å². The fourth-order valence-corrected chi connectivity index (χ4v) is 6.91. The van der Waals surface area contributed by atoms with Crippen LogP contribution in [0.15, 0.2) is 36.8 Å².